The van der Waals surface area contributed by atoms with Gasteiger partial charge in [0.15, 0.2) is 0 Å². The van der Waals surface area contributed by atoms with Crippen molar-refractivity contribution >= 4 is 28.9 Å². The normalized spacial score (nSPS) is 10.4. The van der Waals surface area contributed by atoms with Gasteiger partial charge >= 0.3 is 0 Å². The van der Waals surface area contributed by atoms with Gasteiger partial charge in [0.2, 0.25) is 0 Å². The van der Waals surface area contributed by atoms with Gasteiger partial charge in [0, 0.05) is 0 Å². The smallest absolute Gasteiger partial charge is 0.271 e. The zero-order valence-electron chi connectivity index (χ0n) is 5.82. The van der Waals surface area contributed by atoms with Crippen LogP contribution in [-0.2, 0) is 0 Å². The summed E-state index contributed by atoms with van der Waals surface area (Å²) in [6.07, 6.45) is 0. The summed E-state index contributed by atoms with van der Waals surface area (Å²) in [6.45, 7) is 0. The summed E-state index contributed by atoms with van der Waals surface area (Å²) >= 11 is 7.26. The summed E-state index contributed by atoms with van der Waals surface area (Å²) in [5.74, 6) is 0.488. The highest BCUT2D eigenvalue weighted by atomic mass is 35.5. The van der Waals surface area contributed by atoms with Crippen LogP contribution in [0.4, 0.5) is 5.95 Å². The molecule has 2 aromatic rings. The minimum Gasteiger partial charge on any atom is -0.365 e. The van der Waals surface area contributed by atoms with Gasteiger partial charge in [-0.05, 0) is 16.6 Å². The fraction of sp³-hybridized carbons (Fsp3) is 0. The van der Waals surface area contributed by atoms with Crippen molar-refractivity contribution in [3.63, 3.8) is 0 Å². The van der Waals surface area contributed by atoms with E-state index in [-0.39, 0.29) is 5.95 Å². The van der Waals surface area contributed by atoms with E-state index in [0.717, 1.165) is 4.88 Å². The van der Waals surface area contributed by atoms with Gasteiger partial charge in [0.1, 0.15) is 4.88 Å². The topological polar surface area (TPSA) is 64.9 Å². The van der Waals surface area contributed by atoms with Crippen molar-refractivity contribution in [2.45, 2.75) is 0 Å². The van der Waals surface area contributed by atoms with Crippen molar-refractivity contribution < 1.29 is 4.52 Å². The first-order valence-electron chi connectivity index (χ1n) is 3.10. The first-order chi connectivity index (χ1) is 5.77. The van der Waals surface area contributed by atoms with Crippen molar-refractivity contribution in [3.8, 4) is 10.8 Å². The van der Waals surface area contributed by atoms with E-state index in [4.69, 9.17) is 21.9 Å². The summed E-state index contributed by atoms with van der Waals surface area (Å²) in [6, 6.07) is 1.77. The molecule has 2 rings (SSSR count). The lowest BCUT2D eigenvalue weighted by Crippen LogP contribution is -1.84. The Bertz CT molecular complexity index is 397. The van der Waals surface area contributed by atoms with Crippen molar-refractivity contribution in [1.82, 2.24) is 10.1 Å². The Balaban J connectivity index is 2.50. The molecule has 2 N–H and O–H groups in total. The summed E-state index contributed by atoms with van der Waals surface area (Å²) in [5.41, 5.74) is 5.28. The molecule has 2 aromatic heterocycles. The van der Waals surface area contributed by atoms with Gasteiger partial charge in [0.25, 0.3) is 11.8 Å². The van der Waals surface area contributed by atoms with Gasteiger partial charge < -0.3 is 10.3 Å². The summed E-state index contributed by atoms with van der Waals surface area (Å²) in [7, 11) is 0. The number of halogens is 1. The highest BCUT2D eigenvalue weighted by Gasteiger charge is 2.11. The SMILES string of the molecule is Nc1noc(-c2sccc2Cl)n1. The Morgan fingerprint density at radius 3 is 2.92 bits per heavy atom. The standard InChI is InChI=1S/C6H4ClN3OS/c7-3-1-2-12-4(3)5-9-6(8)10-11-5/h1-2H,(H2,8,10). The maximum Gasteiger partial charge on any atom is 0.271 e. The van der Waals surface area contributed by atoms with Crippen LogP contribution in [0, 0.1) is 0 Å². The molecule has 0 bridgehead atoms. The van der Waals surface area contributed by atoms with Crippen LogP contribution in [0.5, 0.6) is 0 Å². The molecular formula is C6H4ClN3OS. The van der Waals surface area contributed by atoms with Crippen molar-refractivity contribution in [2.24, 2.45) is 0 Å². The van der Waals surface area contributed by atoms with Gasteiger partial charge in [-0.3, -0.25) is 0 Å². The first kappa shape index (κ1) is 7.57. The Morgan fingerprint density at radius 1 is 1.58 bits per heavy atom. The highest BCUT2D eigenvalue weighted by molar-refractivity contribution is 7.14. The Morgan fingerprint density at radius 2 is 2.42 bits per heavy atom. The monoisotopic (exact) mass is 201 g/mol. The molecule has 0 radical (unpaired) electrons. The third-order valence-electron chi connectivity index (χ3n) is 1.25. The van der Waals surface area contributed by atoms with Crippen LogP contribution in [0.2, 0.25) is 5.02 Å². The molecule has 0 saturated carbocycles. The molecule has 0 aromatic carbocycles. The second-order valence-corrected chi connectivity index (χ2v) is 3.38. The fourth-order valence-corrected chi connectivity index (χ4v) is 1.83. The van der Waals surface area contributed by atoms with Crippen molar-refractivity contribution in [3.05, 3.63) is 16.5 Å². The number of nitrogens with zero attached hydrogens (tertiary/aromatic N) is 2. The molecule has 62 valence electrons. The molecule has 0 saturated heterocycles. The van der Waals surface area contributed by atoms with Crippen LogP contribution in [0.25, 0.3) is 10.8 Å². The lowest BCUT2D eigenvalue weighted by atomic mass is 10.5. The van der Waals surface area contributed by atoms with Gasteiger partial charge in [-0.25, -0.2) is 0 Å². The zero-order chi connectivity index (χ0) is 8.55. The summed E-state index contributed by atoms with van der Waals surface area (Å²) < 4.78 is 4.83. The van der Waals surface area contributed by atoms with Crippen LogP contribution in [-0.4, -0.2) is 10.1 Å². The molecule has 0 fully saturated rings. The van der Waals surface area contributed by atoms with E-state index in [9.17, 15) is 0 Å². The van der Waals surface area contributed by atoms with E-state index in [1.807, 2.05) is 5.38 Å². The number of nitrogen functional groups attached to an aromatic ring is 1. The minimum atomic E-state index is 0.120. The lowest BCUT2D eigenvalue weighted by molar-refractivity contribution is 0.434. The van der Waals surface area contributed by atoms with Crippen molar-refractivity contribution in [1.29, 1.82) is 0 Å². The minimum absolute atomic E-state index is 0.120. The molecule has 6 heteroatoms. The number of hydrogen-bond acceptors (Lipinski definition) is 5. The van der Waals surface area contributed by atoms with Crippen LogP contribution in [0.15, 0.2) is 16.0 Å². The predicted octanol–water partition coefficient (Wildman–Crippen LogP) is 2.03. The average molecular weight is 202 g/mol. The maximum absolute atomic E-state index is 5.83. The Hall–Kier alpha value is -1.07. The zero-order valence-corrected chi connectivity index (χ0v) is 7.39. The third-order valence-corrected chi connectivity index (χ3v) is 2.58. The lowest BCUT2D eigenvalue weighted by Gasteiger charge is -1.85. The van der Waals surface area contributed by atoms with Gasteiger partial charge in [-0.15, -0.1) is 11.3 Å². The molecule has 0 unspecified atom stereocenters. The summed E-state index contributed by atoms with van der Waals surface area (Å²) in [4.78, 5) is 4.59. The Labute approximate surface area is 77.0 Å². The number of hydrogen-bond donors (Lipinski definition) is 1. The molecule has 12 heavy (non-hydrogen) atoms. The van der Waals surface area contributed by atoms with E-state index in [0.29, 0.717) is 10.9 Å². The van der Waals surface area contributed by atoms with Gasteiger partial charge in [0.05, 0.1) is 5.02 Å². The molecular weight excluding hydrogens is 198 g/mol. The number of rotatable bonds is 1. The van der Waals surface area contributed by atoms with Crippen LogP contribution in [0.1, 0.15) is 0 Å². The molecule has 0 atom stereocenters. The number of thiophene rings is 1. The van der Waals surface area contributed by atoms with E-state index < -0.39 is 0 Å². The van der Waals surface area contributed by atoms with Crippen molar-refractivity contribution in [2.75, 3.05) is 5.73 Å². The number of aromatic nitrogens is 2. The van der Waals surface area contributed by atoms with Crippen LogP contribution < -0.4 is 5.73 Å². The molecule has 0 aliphatic carbocycles. The summed E-state index contributed by atoms with van der Waals surface area (Å²) in [5, 5.41) is 5.90. The van der Waals surface area contributed by atoms with E-state index in [1.54, 1.807) is 6.07 Å². The quantitative estimate of drug-likeness (QED) is 0.767. The van der Waals surface area contributed by atoms with E-state index in [1.165, 1.54) is 11.3 Å². The number of anilines is 1. The van der Waals surface area contributed by atoms with Gasteiger partial charge in [-0.1, -0.05) is 11.6 Å². The van der Waals surface area contributed by atoms with E-state index in [2.05, 4.69) is 10.1 Å². The molecule has 2 heterocycles. The third kappa shape index (κ3) is 1.17. The second kappa shape index (κ2) is 2.76. The highest BCUT2D eigenvalue weighted by Crippen LogP contribution is 2.31. The maximum atomic E-state index is 5.83. The molecule has 4 nitrogen and oxygen atoms in total. The van der Waals surface area contributed by atoms with Crippen LogP contribution >= 0.6 is 22.9 Å². The molecule has 0 aliphatic heterocycles. The Kier molecular flexibility index (Phi) is 1.74. The van der Waals surface area contributed by atoms with Crippen LogP contribution in [0.3, 0.4) is 0 Å². The molecule has 0 spiro atoms. The number of nitrogens with two attached hydrogens (primary N) is 1. The second-order valence-electron chi connectivity index (χ2n) is 2.06. The largest absolute Gasteiger partial charge is 0.365 e. The molecule has 0 amide bonds. The average Bonchev–Trinajstić information content (AvgIpc) is 2.58. The fourth-order valence-electron chi connectivity index (χ4n) is 0.773. The first-order valence-corrected chi connectivity index (χ1v) is 4.35. The van der Waals surface area contributed by atoms with Gasteiger partial charge in [-0.2, -0.15) is 4.98 Å². The molecule has 0 aliphatic rings. The van der Waals surface area contributed by atoms with E-state index >= 15 is 0 Å². The predicted molar refractivity (Wildman–Crippen MR) is 47.0 cm³/mol.